The predicted octanol–water partition coefficient (Wildman–Crippen LogP) is 4.83. The number of carbonyl (C=O) groups is 1. The SMILES string of the molecule is O=C(NCc1ccc(N2CCCC2)nc1)[C@H](Sc1ccccc1)c1ccccc1. The number of rotatable bonds is 7. The predicted molar refractivity (Wildman–Crippen MR) is 119 cm³/mol. The third-order valence-corrected chi connectivity index (χ3v) is 6.31. The first-order chi connectivity index (χ1) is 14.3. The lowest BCUT2D eigenvalue weighted by Crippen LogP contribution is -2.27. The van der Waals surface area contributed by atoms with E-state index in [1.54, 1.807) is 11.8 Å². The first-order valence-corrected chi connectivity index (χ1v) is 10.9. The quantitative estimate of drug-likeness (QED) is 0.574. The number of carbonyl (C=O) groups excluding carboxylic acids is 1. The van der Waals surface area contributed by atoms with Gasteiger partial charge in [-0.25, -0.2) is 4.98 Å². The number of benzene rings is 2. The molecule has 1 fully saturated rings. The molecule has 1 N–H and O–H groups in total. The molecular formula is C24H25N3OS. The lowest BCUT2D eigenvalue weighted by molar-refractivity contribution is -0.120. The van der Waals surface area contributed by atoms with E-state index in [0.717, 1.165) is 34.9 Å². The molecule has 0 unspecified atom stereocenters. The molecule has 1 atom stereocenters. The van der Waals surface area contributed by atoms with E-state index in [4.69, 9.17) is 0 Å². The third kappa shape index (κ3) is 5.18. The molecule has 0 bridgehead atoms. The summed E-state index contributed by atoms with van der Waals surface area (Å²) in [5.41, 5.74) is 2.01. The number of anilines is 1. The smallest absolute Gasteiger partial charge is 0.238 e. The van der Waals surface area contributed by atoms with Crippen LogP contribution in [0.1, 0.15) is 29.2 Å². The first-order valence-electron chi connectivity index (χ1n) is 10.0. The van der Waals surface area contributed by atoms with Crippen LogP contribution in [0.15, 0.2) is 83.9 Å². The molecular weight excluding hydrogens is 378 g/mol. The molecule has 0 radical (unpaired) electrons. The van der Waals surface area contributed by atoms with E-state index in [1.807, 2.05) is 66.9 Å². The Labute approximate surface area is 176 Å². The van der Waals surface area contributed by atoms with Crippen molar-refractivity contribution in [2.45, 2.75) is 29.5 Å². The summed E-state index contributed by atoms with van der Waals surface area (Å²) in [6.07, 6.45) is 4.34. The summed E-state index contributed by atoms with van der Waals surface area (Å²) < 4.78 is 0. The van der Waals surface area contributed by atoms with Gasteiger partial charge in [-0.05, 0) is 42.2 Å². The van der Waals surface area contributed by atoms with Crippen LogP contribution in [0.3, 0.4) is 0 Å². The normalized spacial score (nSPS) is 14.6. The molecule has 2 heterocycles. The lowest BCUT2D eigenvalue weighted by Gasteiger charge is -2.18. The van der Waals surface area contributed by atoms with Crippen molar-refractivity contribution in [3.05, 3.63) is 90.1 Å². The van der Waals surface area contributed by atoms with Gasteiger partial charge in [0, 0.05) is 30.7 Å². The van der Waals surface area contributed by atoms with Crippen LogP contribution in [0, 0.1) is 0 Å². The monoisotopic (exact) mass is 403 g/mol. The molecule has 1 aliphatic heterocycles. The molecule has 3 aromatic rings. The molecule has 4 nitrogen and oxygen atoms in total. The highest BCUT2D eigenvalue weighted by Gasteiger charge is 2.22. The number of aromatic nitrogens is 1. The number of amides is 1. The molecule has 2 aromatic carbocycles. The minimum Gasteiger partial charge on any atom is -0.357 e. The van der Waals surface area contributed by atoms with E-state index in [0.29, 0.717) is 6.54 Å². The van der Waals surface area contributed by atoms with Crippen molar-refractivity contribution in [2.75, 3.05) is 18.0 Å². The van der Waals surface area contributed by atoms with E-state index >= 15 is 0 Å². The van der Waals surface area contributed by atoms with E-state index in [2.05, 4.69) is 27.3 Å². The van der Waals surface area contributed by atoms with Gasteiger partial charge >= 0.3 is 0 Å². The van der Waals surface area contributed by atoms with Gasteiger partial charge < -0.3 is 10.2 Å². The molecule has 1 aromatic heterocycles. The average molecular weight is 404 g/mol. The molecule has 29 heavy (non-hydrogen) atoms. The Morgan fingerprint density at radius 3 is 2.31 bits per heavy atom. The summed E-state index contributed by atoms with van der Waals surface area (Å²) in [4.78, 5) is 21.0. The number of thioether (sulfide) groups is 1. The fourth-order valence-electron chi connectivity index (χ4n) is 3.47. The van der Waals surface area contributed by atoms with Crippen LogP contribution in [0.5, 0.6) is 0 Å². The molecule has 0 spiro atoms. The van der Waals surface area contributed by atoms with Crippen molar-refractivity contribution in [2.24, 2.45) is 0 Å². The summed E-state index contributed by atoms with van der Waals surface area (Å²) in [5, 5.41) is 2.80. The van der Waals surface area contributed by atoms with Crippen molar-refractivity contribution >= 4 is 23.5 Å². The van der Waals surface area contributed by atoms with Crippen molar-refractivity contribution in [1.29, 1.82) is 0 Å². The van der Waals surface area contributed by atoms with Crippen LogP contribution in [0.4, 0.5) is 5.82 Å². The summed E-state index contributed by atoms with van der Waals surface area (Å²) in [6, 6.07) is 24.1. The van der Waals surface area contributed by atoms with Crippen LogP contribution in [0.25, 0.3) is 0 Å². The van der Waals surface area contributed by atoms with Gasteiger partial charge in [0.2, 0.25) is 5.91 Å². The maximum Gasteiger partial charge on any atom is 0.238 e. The Morgan fingerprint density at radius 1 is 0.966 bits per heavy atom. The molecule has 0 aliphatic carbocycles. The van der Waals surface area contributed by atoms with Crippen LogP contribution < -0.4 is 10.2 Å². The summed E-state index contributed by atoms with van der Waals surface area (Å²) in [5.74, 6) is 1.04. The number of nitrogens with one attached hydrogen (secondary N) is 1. The lowest BCUT2D eigenvalue weighted by atomic mass is 10.1. The highest BCUT2D eigenvalue weighted by atomic mass is 32.2. The van der Waals surface area contributed by atoms with E-state index in [9.17, 15) is 4.79 Å². The third-order valence-electron chi connectivity index (χ3n) is 5.04. The van der Waals surface area contributed by atoms with Crippen LogP contribution >= 0.6 is 11.8 Å². The molecule has 1 amide bonds. The van der Waals surface area contributed by atoms with Gasteiger partial charge in [0.1, 0.15) is 11.1 Å². The zero-order valence-corrected chi connectivity index (χ0v) is 17.1. The number of hydrogen-bond acceptors (Lipinski definition) is 4. The minimum absolute atomic E-state index is 0.00803. The van der Waals surface area contributed by atoms with Gasteiger partial charge in [0.15, 0.2) is 0 Å². The van der Waals surface area contributed by atoms with Crippen molar-refractivity contribution in [1.82, 2.24) is 10.3 Å². The molecule has 5 heteroatoms. The summed E-state index contributed by atoms with van der Waals surface area (Å²) in [6.45, 7) is 2.64. The van der Waals surface area contributed by atoms with Crippen molar-refractivity contribution < 1.29 is 4.79 Å². The number of pyridine rings is 1. The Balaban J connectivity index is 1.42. The van der Waals surface area contributed by atoms with E-state index in [1.165, 1.54) is 12.8 Å². The number of nitrogens with zero attached hydrogens (tertiary/aromatic N) is 2. The standard InChI is InChI=1S/C24H25N3OS/c28-24(26-18-19-13-14-22(25-17-19)27-15-7-8-16-27)23(20-9-3-1-4-10-20)29-21-11-5-2-6-12-21/h1-6,9-14,17,23H,7-8,15-16,18H2,(H,26,28)/t23-/m1/s1. The fraction of sp³-hybridized carbons (Fsp3) is 0.250. The highest BCUT2D eigenvalue weighted by Crippen LogP contribution is 2.35. The van der Waals surface area contributed by atoms with Gasteiger partial charge in [-0.1, -0.05) is 54.6 Å². The van der Waals surface area contributed by atoms with E-state index < -0.39 is 0 Å². The molecule has 1 aliphatic rings. The topological polar surface area (TPSA) is 45.2 Å². The van der Waals surface area contributed by atoms with Crippen molar-refractivity contribution in [3.8, 4) is 0 Å². The second-order valence-electron chi connectivity index (χ2n) is 7.16. The van der Waals surface area contributed by atoms with Crippen LogP contribution in [-0.4, -0.2) is 24.0 Å². The van der Waals surface area contributed by atoms with Gasteiger partial charge in [0.25, 0.3) is 0 Å². The van der Waals surface area contributed by atoms with Gasteiger partial charge in [-0.15, -0.1) is 11.8 Å². The maximum absolute atomic E-state index is 13.0. The zero-order chi connectivity index (χ0) is 19.9. The molecule has 0 saturated carbocycles. The highest BCUT2D eigenvalue weighted by molar-refractivity contribution is 8.00. The Morgan fingerprint density at radius 2 is 1.66 bits per heavy atom. The fourth-order valence-corrected chi connectivity index (χ4v) is 4.54. The van der Waals surface area contributed by atoms with Gasteiger partial charge in [-0.2, -0.15) is 0 Å². The second-order valence-corrected chi connectivity index (χ2v) is 8.34. The van der Waals surface area contributed by atoms with Crippen LogP contribution in [0.2, 0.25) is 0 Å². The summed E-state index contributed by atoms with van der Waals surface area (Å²) >= 11 is 1.57. The first kappa shape index (κ1) is 19.5. The largest absolute Gasteiger partial charge is 0.357 e. The van der Waals surface area contributed by atoms with Crippen molar-refractivity contribution in [3.63, 3.8) is 0 Å². The molecule has 148 valence electrons. The minimum atomic E-state index is -0.296. The molecule has 4 rings (SSSR count). The maximum atomic E-state index is 13.0. The zero-order valence-electron chi connectivity index (χ0n) is 16.3. The van der Waals surface area contributed by atoms with E-state index in [-0.39, 0.29) is 11.2 Å². The average Bonchev–Trinajstić information content (AvgIpc) is 3.32. The second kappa shape index (κ2) is 9.61. The number of hydrogen-bond donors (Lipinski definition) is 1. The van der Waals surface area contributed by atoms with Gasteiger partial charge in [0.05, 0.1) is 0 Å². The van der Waals surface area contributed by atoms with Crippen LogP contribution in [-0.2, 0) is 11.3 Å². The Hall–Kier alpha value is -2.79. The van der Waals surface area contributed by atoms with Gasteiger partial charge in [-0.3, -0.25) is 4.79 Å². The Kier molecular flexibility index (Phi) is 6.47. The summed E-state index contributed by atoms with van der Waals surface area (Å²) in [7, 11) is 0. The Bertz CT molecular complexity index is 910. The molecule has 1 saturated heterocycles.